The molecule has 0 atom stereocenters. The Morgan fingerprint density at radius 3 is 2.30 bits per heavy atom. The van der Waals surface area contributed by atoms with Gasteiger partial charge in [0.2, 0.25) is 6.08 Å². The Labute approximate surface area is 65.6 Å². The molecule has 0 amide bonds. The minimum atomic E-state index is 0.292. The van der Waals surface area contributed by atoms with Gasteiger partial charge in [-0.3, -0.25) is 0 Å². The lowest BCUT2D eigenvalue weighted by Crippen LogP contribution is -1.80. The molecule has 0 aromatic rings. The predicted molar refractivity (Wildman–Crippen MR) is 41.6 cm³/mol. The number of carbonyl (C=O) groups excluding carboxylic acids is 1. The van der Waals surface area contributed by atoms with Gasteiger partial charge in [0.15, 0.2) is 0 Å². The molecule has 0 bridgehead atoms. The zero-order valence-corrected chi connectivity index (χ0v) is 6.90. The van der Waals surface area contributed by atoms with E-state index >= 15 is 0 Å². The number of rotatable bonds is 3. The summed E-state index contributed by atoms with van der Waals surface area (Å²) in [7, 11) is 0. The minimum Gasteiger partial charge on any atom is -0.211 e. The third-order valence-corrected chi connectivity index (χ3v) is 1.64. The molecule has 0 aromatic heterocycles. The molecular weight excluding hydrogens is 150 g/mol. The molecule has 0 unspecified atom stereocenters. The smallest absolute Gasteiger partial charge is 0.211 e. The van der Waals surface area contributed by atoms with Crippen molar-refractivity contribution in [3.05, 3.63) is 10.7 Å². The average molecular weight is 160 g/mol. The lowest BCUT2D eigenvalue weighted by Gasteiger charge is -1.97. The Kier molecular flexibility index (Phi) is 4.91. The fourth-order valence-corrected chi connectivity index (χ4v) is 0.963. The number of halogens is 1. The Bertz CT molecular complexity index is 174. The summed E-state index contributed by atoms with van der Waals surface area (Å²) >= 11 is 5.60. The van der Waals surface area contributed by atoms with Gasteiger partial charge in [-0.05, 0) is 18.4 Å². The van der Waals surface area contributed by atoms with Crippen LogP contribution in [0.2, 0.25) is 0 Å². The van der Waals surface area contributed by atoms with Gasteiger partial charge in [-0.2, -0.15) is 4.99 Å². The van der Waals surface area contributed by atoms with E-state index in [1.807, 2.05) is 13.8 Å². The van der Waals surface area contributed by atoms with Crippen molar-refractivity contribution < 1.29 is 4.79 Å². The lowest BCUT2D eigenvalue weighted by molar-refractivity contribution is 0.565. The van der Waals surface area contributed by atoms with Gasteiger partial charge in [-0.25, -0.2) is 4.79 Å². The first-order valence-electron chi connectivity index (χ1n) is 3.21. The van der Waals surface area contributed by atoms with Gasteiger partial charge in [0.25, 0.3) is 0 Å². The van der Waals surface area contributed by atoms with Crippen LogP contribution in [0.4, 0.5) is 0 Å². The summed E-state index contributed by atoms with van der Waals surface area (Å²) in [5, 5.41) is 0.292. The highest BCUT2D eigenvalue weighted by Gasteiger charge is 1.96. The van der Waals surface area contributed by atoms with Crippen molar-refractivity contribution in [1.29, 1.82) is 0 Å². The van der Waals surface area contributed by atoms with Crippen LogP contribution in [0.15, 0.2) is 15.7 Å². The summed E-state index contributed by atoms with van der Waals surface area (Å²) in [5.41, 5.74) is 0.991. The molecule has 3 heteroatoms. The second kappa shape index (κ2) is 5.21. The number of aliphatic imine (C=N–C) groups is 1. The van der Waals surface area contributed by atoms with Crippen LogP contribution in [-0.2, 0) is 4.79 Å². The van der Waals surface area contributed by atoms with E-state index in [4.69, 9.17) is 11.6 Å². The summed E-state index contributed by atoms with van der Waals surface area (Å²) in [4.78, 5) is 13.0. The largest absolute Gasteiger partial charge is 0.241 e. The van der Waals surface area contributed by atoms with E-state index in [0.29, 0.717) is 5.16 Å². The second-order valence-corrected chi connectivity index (χ2v) is 2.16. The summed E-state index contributed by atoms with van der Waals surface area (Å²) in [6, 6.07) is 0. The van der Waals surface area contributed by atoms with E-state index in [1.165, 1.54) is 6.08 Å². The first-order valence-corrected chi connectivity index (χ1v) is 3.59. The van der Waals surface area contributed by atoms with E-state index < -0.39 is 0 Å². The number of allylic oxidation sites excluding steroid dienone is 1. The van der Waals surface area contributed by atoms with Gasteiger partial charge < -0.3 is 0 Å². The van der Waals surface area contributed by atoms with Crippen LogP contribution in [0.5, 0.6) is 0 Å². The van der Waals surface area contributed by atoms with Gasteiger partial charge in [0, 0.05) is 0 Å². The minimum absolute atomic E-state index is 0.292. The molecule has 0 aliphatic heterocycles. The molecule has 0 heterocycles. The van der Waals surface area contributed by atoms with Crippen molar-refractivity contribution in [2.45, 2.75) is 26.7 Å². The van der Waals surface area contributed by atoms with Gasteiger partial charge in [0.05, 0.1) is 0 Å². The maximum Gasteiger partial charge on any atom is 0.241 e. The van der Waals surface area contributed by atoms with Crippen LogP contribution in [-0.4, -0.2) is 6.08 Å². The summed E-state index contributed by atoms with van der Waals surface area (Å²) in [5.74, 6) is 0. The van der Waals surface area contributed by atoms with Crippen molar-refractivity contribution in [3.63, 3.8) is 0 Å². The van der Waals surface area contributed by atoms with Crippen molar-refractivity contribution in [2.75, 3.05) is 0 Å². The maximum atomic E-state index is 9.74. The molecule has 0 spiro atoms. The fourth-order valence-electron chi connectivity index (χ4n) is 0.661. The molecule has 10 heavy (non-hydrogen) atoms. The molecule has 0 aliphatic carbocycles. The monoisotopic (exact) mass is 159 g/mol. The molecule has 56 valence electrons. The number of nitrogens with zero attached hydrogens (tertiary/aromatic N) is 1. The maximum absolute atomic E-state index is 9.74. The number of hydrogen-bond acceptors (Lipinski definition) is 2. The fraction of sp³-hybridized carbons (Fsp3) is 0.571. The quantitative estimate of drug-likeness (QED) is 0.354. The second-order valence-electron chi connectivity index (χ2n) is 1.80. The van der Waals surface area contributed by atoms with Gasteiger partial charge in [-0.1, -0.05) is 25.4 Å². The van der Waals surface area contributed by atoms with Crippen LogP contribution in [0.1, 0.15) is 26.7 Å². The van der Waals surface area contributed by atoms with Gasteiger partial charge in [-0.15, -0.1) is 0 Å². The van der Waals surface area contributed by atoms with Crippen molar-refractivity contribution >= 4 is 17.7 Å². The van der Waals surface area contributed by atoms with Crippen molar-refractivity contribution in [1.82, 2.24) is 0 Å². The highest BCUT2D eigenvalue weighted by molar-refractivity contribution is 6.30. The van der Waals surface area contributed by atoms with Crippen LogP contribution < -0.4 is 0 Å². The first kappa shape index (κ1) is 9.41. The lowest BCUT2D eigenvalue weighted by atomic mass is 10.2. The standard InChI is InChI=1S/C7H10ClNO/c1-3-6(4-2)7(8)9-5-10/h3-4H2,1-2H3. The average Bonchev–Trinajstić information content (AvgIpc) is 1.91. The van der Waals surface area contributed by atoms with Crippen LogP contribution in [0.3, 0.4) is 0 Å². The Hall–Kier alpha value is -0.590. The molecule has 0 saturated carbocycles. The molecule has 0 aliphatic rings. The first-order chi connectivity index (χ1) is 4.76. The normalized spacial score (nSPS) is 8.30. The van der Waals surface area contributed by atoms with E-state index in [1.54, 1.807) is 0 Å². The van der Waals surface area contributed by atoms with Gasteiger partial charge in [0.1, 0.15) is 5.16 Å². The van der Waals surface area contributed by atoms with E-state index in [2.05, 4.69) is 4.99 Å². The molecular formula is C7H10ClNO. The van der Waals surface area contributed by atoms with E-state index in [9.17, 15) is 4.79 Å². The third-order valence-electron chi connectivity index (χ3n) is 1.29. The van der Waals surface area contributed by atoms with Gasteiger partial charge >= 0.3 is 0 Å². The molecule has 0 aromatic carbocycles. The topological polar surface area (TPSA) is 29.4 Å². The highest BCUT2D eigenvalue weighted by atomic mass is 35.5. The predicted octanol–water partition coefficient (Wildman–Crippen LogP) is 2.59. The van der Waals surface area contributed by atoms with Crippen LogP contribution >= 0.6 is 11.6 Å². The van der Waals surface area contributed by atoms with E-state index in [-0.39, 0.29) is 0 Å². The van der Waals surface area contributed by atoms with Crippen LogP contribution in [0, 0.1) is 0 Å². The number of hydrogen-bond donors (Lipinski definition) is 0. The van der Waals surface area contributed by atoms with Crippen molar-refractivity contribution in [3.8, 4) is 0 Å². The zero-order chi connectivity index (χ0) is 7.98. The molecule has 0 N–H and O–H groups in total. The highest BCUT2D eigenvalue weighted by Crippen LogP contribution is 2.16. The Balaban J connectivity index is 4.41. The third kappa shape index (κ3) is 2.81. The van der Waals surface area contributed by atoms with Crippen LogP contribution in [0.25, 0.3) is 0 Å². The summed E-state index contributed by atoms with van der Waals surface area (Å²) in [6.07, 6.45) is 3.07. The van der Waals surface area contributed by atoms with Crippen molar-refractivity contribution in [2.24, 2.45) is 4.99 Å². The Morgan fingerprint density at radius 2 is 2.00 bits per heavy atom. The zero-order valence-electron chi connectivity index (χ0n) is 6.15. The van der Waals surface area contributed by atoms with E-state index in [0.717, 1.165) is 18.4 Å². The SMILES string of the molecule is CCC(CC)=C(Cl)N=C=O. The molecule has 0 radical (unpaired) electrons. The number of isocyanates is 1. The summed E-state index contributed by atoms with van der Waals surface area (Å²) < 4.78 is 0. The molecule has 0 rings (SSSR count). The summed E-state index contributed by atoms with van der Waals surface area (Å²) in [6.45, 7) is 3.95. The molecule has 2 nitrogen and oxygen atoms in total. The Morgan fingerprint density at radius 1 is 1.50 bits per heavy atom. The molecule has 0 fully saturated rings. The molecule has 0 saturated heterocycles.